The summed E-state index contributed by atoms with van der Waals surface area (Å²) in [7, 11) is 1.52. The highest BCUT2D eigenvalue weighted by atomic mass is 16.6. The predicted octanol–water partition coefficient (Wildman–Crippen LogP) is 2.16. The zero-order valence-electron chi connectivity index (χ0n) is 12.1. The quantitative estimate of drug-likeness (QED) is 0.886. The van der Waals surface area contributed by atoms with E-state index < -0.39 is 11.7 Å². The van der Waals surface area contributed by atoms with E-state index in [1.165, 1.54) is 7.11 Å². The van der Waals surface area contributed by atoms with Crippen molar-refractivity contribution >= 4 is 17.7 Å². The first-order valence-corrected chi connectivity index (χ1v) is 6.21. The van der Waals surface area contributed by atoms with Crippen LogP contribution in [0.2, 0.25) is 0 Å². The van der Waals surface area contributed by atoms with Crippen LogP contribution in [0.5, 0.6) is 5.75 Å². The zero-order chi connectivity index (χ0) is 15.2. The minimum Gasteiger partial charge on any atom is -0.495 e. The molecule has 0 unspecified atom stereocenters. The maximum absolute atomic E-state index is 11.7. The second kappa shape index (κ2) is 6.79. The Morgan fingerprint density at radius 2 is 1.85 bits per heavy atom. The van der Waals surface area contributed by atoms with Crippen LogP contribution in [0.4, 0.5) is 10.5 Å². The Morgan fingerprint density at radius 1 is 1.20 bits per heavy atom. The van der Waals surface area contributed by atoms with Gasteiger partial charge in [0.25, 0.3) is 0 Å². The topological polar surface area (TPSA) is 76.7 Å². The molecule has 2 N–H and O–H groups in total. The Balaban J connectivity index is 2.46. The molecule has 0 saturated carbocycles. The molecule has 6 heteroatoms. The van der Waals surface area contributed by atoms with Gasteiger partial charge in [0.1, 0.15) is 17.9 Å². The Hall–Kier alpha value is -2.24. The lowest BCUT2D eigenvalue weighted by molar-refractivity contribution is -0.115. The van der Waals surface area contributed by atoms with E-state index in [0.717, 1.165) is 0 Å². The number of alkyl carbamates (subject to hydrolysis) is 1. The second-order valence-electron chi connectivity index (χ2n) is 5.10. The first-order chi connectivity index (χ1) is 9.31. The minimum atomic E-state index is -0.632. The number of rotatable bonds is 4. The highest BCUT2D eigenvalue weighted by Gasteiger charge is 2.16. The third-order valence-electron chi connectivity index (χ3n) is 2.17. The van der Waals surface area contributed by atoms with Gasteiger partial charge in [0.05, 0.1) is 12.8 Å². The van der Waals surface area contributed by atoms with Crippen LogP contribution in [-0.4, -0.2) is 31.3 Å². The van der Waals surface area contributed by atoms with E-state index in [1.807, 2.05) is 0 Å². The lowest BCUT2D eigenvalue weighted by Gasteiger charge is -2.19. The van der Waals surface area contributed by atoms with Gasteiger partial charge in [-0.05, 0) is 32.9 Å². The van der Waals surface area contributed by atoms with Crippen LogP contribution in [0.3, 0.4) is 0 Å². The fourth-order valence-electron chi connectivity index (χ4n) is 1.41. The SMILES string of the molecule is COc1ccccc1NC(=O)CNC(=O)OC(C)(C)C. The Morgan fingerprint density at radius 3 is 2.45 bits per heavy atom. The molecule has 0 aromatic heterocycles. The molecule has 0 heterocycles. The van der Waals surface area contributed by atoms with Gasteiger partial charge in [-0.25, -0.2) is 4.79 Å². The molecule has 0 aliphatic rings. The Labute approximate surface area is 118 Å². The summed E-state index contributed by atoms with van der Waals surface area (Å²) in [5, 5.41) is 5.03. The maximum Gasteiger partial charge on any atom is 0.408 e. The molecule has 0 radical (unpaired) electrons. The summed E-state index contributed by atoms with van der Waals surface area (Å²) >= 11 is 0. The average Bonchev–Trinajstić information content (AvgIpc) is 2.35. The smallest absolute Gasteiger partial charge is 0.408 e. The van der Waals surface area contributed by atoms with E-state index in [0.29, 0.717) is 11.4 Å². The molecule has 0 bridgehead atoms. The Kier molecular flexibility index (Phi) is 5.37. The van der Waals surface area contributed by atoms with Crippen molar-refractivity contribution in [3.8, 4) is 5.75 Å². The molecule has 0 aliphatic carbocycles. The van der Waals surface area contributed by atoms with Gasteiger partial charge in [0, 0.05) is 0 Å². The van der Waals surface area contributed by atoms with Crippen molar-refractivity contribution in [3.63, 3.8) is 0 Å². The normalized spacial score (nSPS) is 10.6. The molecule has 1 aromatic rings. The summed E-state index contributed by atoms with van der Waals surface area (Å²) in [5.74, 6) is 0.193. The van der Waals surface area contributed by atoms with Crippen LogP contribution in [-0.2, 0) is 9.53 Å². The maximum atomic E-state index is 11.7. The van der Waals surface area contributed by atoms with Crippen molar-refractivity contribution in [1.82, 2.24) is 5.32 Å². The van der Waals surface area contributed by atoms with Crippen LogP contribution in [0.15, 0.2) is 24.3 Å². The number of methoxy groups -OCH3 is 1. The first-order valence-electron chi connectivity index (χ1n) is 6.21. The number of carbonyl (C=O) groups excluding carboxylic acids is 2. The molecule has 1 aromatic carbocycles. The minimum absolute atomic E-state index is 0.174. The number of ether oxygens (including phenoxy) is 2. The highest BCUT2D eigenvalue weighted by molar-refractivity contribution is 5.95. The number of para-hydroxylation sites is 2. The van der Waals surface area contributed by atoms with Crippen molar-refractivity contribution in [1.29, 1.82) is 0 Å². The van der Waals surface area contributed by atoms with Crippen molar-refractivity contribution in [3.05, 3.63) is 24.3 Å². The monoisotopic (exact) mass is 280 g/mol. The van der Waals surface area contributed by atoms with Crippen molar-refractivity contribution < 1.29 is 19.1 Å². The summed E-state index contributed by atoms with van der Waals surface area (Å²) < 4.78 is 10.1. The number of benzene rings is 1. The molecular formula is C14H20N2O4. The van der Waals surface area contributed by atoms with Crippen LogP contribution in [0.1, 0.15) is 20.8 Å². The van der Waals surface area contributed by atoms with E-state index in [-0.39, 0.29) is 12.5 Å². The number of hydrogen-bond donors (Lipinski definition) is 2. The fraction of sp³-hybridized carbons (Fsp3) is 0.429. The second-order valence-corrected chi connectivity index (χ2v) is 5.10. The number of hydrogen-bond acceptors (Lipinski definition) is 4. The summed E-state index contributed by atoms with van der Waals surface area (Å²) in [6, 6.07) is 7.02. The molecule has 110 valence electrons. The van der Waals surface area contributed by atoms with Gasteiger partial charge in [-0.15, -0.1) is 0 Å². The molecule has 20 heavy (non-hydrogen) atoms. The molecule has 0 saturated heterocycles. The van der Waals surface area contributed by atoms with Gasteiger partial charge >= 0.3 is 6.09 Å². The number of amides is 2. The van der Waals surface area contributed by atoms with E-state index in [1.54, 1.807) is 45.0 Å². The van der Waals surface area contributed by atoms with E-state index in [2.05, 4.69) is 10.6 Å². The van der Waals surface area contributed by atoms with Crippen LogP contribution in [0.25, 0.3) is 0 Å². The summed E-state index contributed by atoms with van der Waals surface area (Å²) in [6.07, 6.45) is -0.632. The fourth-order valence-corrected chi connectivity index (χ4v) is 1.41. The number of carbonyl (C=O) groups is 2. The highest BCUT2D eigenvalue weighted by Crippen LogP contribution is 2.22. The van der Waals surface area contributed by atoms with Gasteiger partial charge in [0.15, 0.2) is 0 Å². The largest absolute Gasteiger partial charge is 0.495 e. The third-order valence-corrected chi connectivity index (χ3v) is 2.17. The molecule has 0 fully saturated rings. The van der Waals surface area contributed by atoms with E-state index in [9.17, 15) is 9.59 Å². The number of anilines is 1. The van der Waals surface area contributed by atoms with Crippen LogP contribution < -0.4 is 15.4 Å². The summed E-state index contributed by atoms with van der Waals surface area (Å²) in [4.78, 5) is 23.1. The molecule has 6 nitrogen and oxygen atoms in total. The summed E-state index contributed by atoms with van der Waals surface area (Å²) in [6.45, 7) is 5.08. The summed E-state index contributed by atoms with van der Waals surface area (Å²) in [5.41, 5.74) is -0.0468. The third kappa shape index (κ3) is 5.60. The van der Waals surface area contributed by atoms with Gasteiger partial charge < -0.3 is 20.1 Å². The molecule has 1 rings (SSSR count). The zero-order valence-corrected chi connectivity index (χ0v) is 12.1. The van der Waals surface area contributed by atoms with Gasteiger partial charge in [-0.3, -0.25) is 4.79 Å². The van der Waals surface area contributed by atoms with Gasteiger partial charge in [-0.1, -0.05) is 12.1 Å². The van der Waals surface area contributed by atoms with Crippen LogP contribution >= 0.6 is 0 Å². The lowest BCUT2D eigenvalue weighted by atomic mass is 10.2. The van der Waals surface area contributed by atoms with Gasteiger partial charge in [0.2, 0.25) is 5.91 Å². The molecule has 0 spiro atoms. The predicted molar refractivity (Wildman–Crippen MR) is 75.9 cm³/mol. The van der Waals surface area contributed by atoms with Crippen molar-refractivity contribution in [2.45, 2.75) is 26.4 Å². The van der Waals surface area contributed by atoms with E-state index >= 15 is 0 Å². The molecular weight excluding hydrogens is 260 g/mol. The van der Waals surface area contributed by atoms with Crippen molar-refractivity contribution in [2.24, 2.45) is 0 Å². The molecule has 2 amide bonds. The van der Waals surface area contributed by atoms with Gasteiger partial charge in [-0.2, -0.15) is 0 Å². The standard InChI is InChI=1S/C14H20N2O4/c1-14(2,3)20-13(18)15-9-12(17)16-10-7-5-6-8-11(10)19-4/h5-8H,9H2,1-4H3,(H,15,18)(H,16,17). The Bertz CT molecular complexity index is 480. The molecule has 0 atom stereocenters. The average molecular weight is 280 g/mol. The number of nitrogens with one attached hydrogen (secondary N) is 2. The first kappa shape index (κ1) is 15.8. The molecule has 0 aliphatic heterocycles. The lowest BCUT2D eigenvalue weighted by Crippen LogP contribution is -2.37. The van der Waals surface area contributed by atoms with E-state index in [4.69, 9.17) is 9.47 Å². The van der Waals surface area contributed by atoms with Crippen molar-refractivity contribution in [2.75, 3.05) is 19.0 Å². The van der Waals surface area contributed by atoms with Crippen LogP contribution in [0, 0.1) is 0 Å².